The summed E-state index contributed by atoms with van der Waals surface area (Å²) in [5.41, 5.74) is 1.29. The van der Waals surface area contributed by atoms with Crippen LogP contribution in [-0.4, -0.2) is 68.2 Å². The molecule has 3 aliphatic rings. The van der Waals surface area contributed by atoms with E-state index in [1.807, 2.05) is 7.05 Å². The quantitative estimate of drug-likeness (QED) is 0.665. The van der Waals surface area contributed by atoms with Crippen LogP contribution < -0.4 is 5.32 Å². The summed E-state index contributed by atoms with van der Waals surface area (Å²) in [5, 5.41) is 3.64. The molecule has 3 aliphatic heterocycles. The van der Waals surface area contributed by atoms with Crippen LogP contribution in [0.1, 0.15) is 37.4 Å². The Morgan fingerprint density at radius 3 is 2.73 bits per heavy atom. The highest BCUT2D eigenvalue weighted by atomic mass is 16.5. The van der Waals surface area contributed by atoms with Crippen molar-refractivity contribution in [3.63, 3.8) is 0 Å². The van der Waals surface area contributed by atoms with Crippen molar-refractivity contribution < 1.29 is 4.74 Å². The van der Waals surface area contributed by atoms with Crippen molar-refractivity contribution in [1.82, 2.24) is 15.1 Å². The zero-order valence-corrected chi connectivity index (χ0v) is 15.9. The molecule has 142 valence electrons. The number of nitrogens with zero attached hydrogens (tertiary/aromatic N) is 3. The Bertz CT molecular complexity index is 599. The fraction of sp³-hybridized carbons (Fsp3) is 0.667. The molecule has 3 heterocycles. The minimum atomic E-state index is 0.206. The van der Waals surface area contributed by atoms with E-state index in [2.05, 4.69) is 50.4 Å². The second-order valence-electron chi connectivity index (χ2n) is 7.81. The van der Waals surface area contributed by atoms with E-state index < -0.39 is 0 Å². The lowest BCUT2D eigenvalue weighted by Gasteiger charge is -2.27. The maximum absolute atomic E-state index is 6.03. The number of hydrogen-bond acceptors (Lipinski definition) is 3. The Kier molecular flexibility index (Phi) is 5.75. The molecule has 0 saturated carbocycles. The van der Waals surface area contributed by atoms with Gasteiger partial charge in [-0.15, -0.1) is 0 Å². The first-order chi connectivity index (χ1) is 12.8. The molecule has 3 atom stereocenters. The van der Waals surface area contributed by atoms with Crippen LogP contribution >= 0.6 is 0 Å². The van der Waals surface area contributed by atoms with Crippen LogP contribution in [0.2, 0.25) is 0 Å². The molecular weight excluding hydrogens is 324 g/mol. The first kappa shape index (κ1) is 17.8. The summed E-state index contributed by atoms with van der Waals surface area (Å²) < 4.78 is 6.03. The van der Waals surface area contributed by atoms with Crippen LogP contribution in [0.15, 0.2) is 35.3 Å². The smallest absolute Gasteiger partial charge is 0.193 e. The topological polar surface area (TPSA) is 40.1 Å². The van der Waals surface area contributed by atoms with Crippen molar-refractivity contribution >= 4 is 5.96 Å². The van der Waals surface area contributed by atoms with Gasteiger partial charge in [-0.25, -0.2) is 0 Å². The second-order valence-corrected chi connectivity index (χ2v) is 7.81. The summed E-state index contributed by atoms with van der Waals surface area (Å²) in [7, 11) is 1.91. The van der Waals surface area contributed by atoms with Crippen molar-refractivity contribution in [1.29, 1.82) is 0 Å². The van der Waals surface area contributed by atoms with Crippen LogP contribution in [0.25, 0.3) is 0 Å². The molecule has 4 rings (SSSR count). The fourth-order valence-corrected chi connectivity index (χ4v) is 4.75. The summed E-state index contributed by atoms with van der Waals surface area (Å²) in [4.78, 5) is 9.67. The van der Waals surface area contributed by atoms with Gasteiger partial charge in [-0.3, -0.25) is 9.89 Å². The lowest BCUT2D eigenvalue weighted by Crippen LogP contribution is -2.44. The summed E-state index contributed by atoms with van der Waals surface area (Å²) in [5.74, 6) is 1.57. The third-order valence-corrected chi connectivity index (χ3v) is 6.20. The Morgan fingerprint density at radius 1 is 1.15 bits per heavy atom. The molecule has 0 amide bonds. The van der Waals surface area contributed by atoms with Gasteiger partial charge in [0.15, 0.2) is 5.96 Å². The van der Waals surface area contributed by atoms with Crippen molar-refractivity contribution in [2.24, 2.45) is 10.9 Å². The van der Waals surface area contributed by atoms with Gasteiger partial charge in [-0.2, -0.15) is 0 Å². The molecule has 1 aromatic carbocycles. The van der Waals surface area contributed by atoms with E-state index >= 15 is 0 Å². The van der Waals surface area contributed by atoms with Crippen molar-refractivity contribution in [2.45, 2.75) is 37.8 Å². The zero-order valence-electron chi connectivity index (χ0n) is 15.9. The van der Waals surface area contributed by atoms with Gasteiger partial charge in [0.05, 0.1) is 6.10 Å². The van der Waals surface area contributed by atoms with Gasteiger partial charge < -0.3 is 15.0 Å². The summed E-state index contributed by atoms with van der Waals surface area (Å²) in [6, 6.07) is 11.3. The Hall–Kier alpha value is -1.59. The van der Waals surface area contributed by atoms with E-state index in [1.54, 1.807) is 0 Å². The summed E-state index contributed by atoms with van der Waals surface area (Å²) in [6.07, 6.45) is 5.32. The third-order valence-electron chi connectivity index (χ3n) is 6.20. The Balaban J connectivity index is 1.31. The molecule has 5 nitrogen and oxygen atoms in total. The number of benzene rings is 1. The fourth-order valence-electron chi connectivity index (χ4n) is 4.75. The van der Waals surface area contributed by atoms with E-state index in [4.69, 9.17) is 4.74 Å². The van der Waals surface area contributed by atoms with E-state index in [0.29, 0.717) is 12.0 Å². The van der Waals surface area contributed by atoms with E-state index in [1.165, 1.54) is 37.9 Å². The normalized spacial score (nSPS) is 30.3. The maximum Gasteiger partial charge on any atom is 0.193 e. The zero-order chi connectivity index (χ0) is 17.8. The largest absolute Gasteiger partial charge is 0.373 e. The highest BCUT2D eigenvalue weighted by Crippen LogP contribution is 2.34. The average Bonchev–Trinajstić information content (AvgIpc) is 3.44. The molecule has 1 aromatic rings. The van der Waals surface area contributed by atoms with Crippen LogP contribution in [0.3, 0.4) is 0 Å². The van der Waals surface area contributed by atoms with Gasteiger partial charge in [0, 0.05) is 45.2 Å². The van der Waals surface area contributed by atoms with E-state index in [9.17, 15) is 0 Å². The van der Waals surface area contributed by atoms with Gasteiger partial charge in [0.25, 0.3) is 0 Å². The van der Waals surface area contributed by atoms with Gasteiger partial charge in [0.1, 0.15) is 0 Å². The van der Waals surface area contributed by atoms with Gasteiger partial charge in [-0.05, 0) is 44.3 Å². The number of ether oxygens (including phenoxy) is 1. The highest BCUT2D eigenvalue weighted by molar-refractivity contribution is 5.80. The molecule has 0 aliphatic carbocycles. The monoisotopic (exact) mass is 356 g/mol. The first-order valence-electron chi connectivity index (χ1n) is 10.2. The Labute approximate surface area is 157 Å². The van der Waals surface area contributed by atoms with Crippen LogP contribution in [0, 0.1) is 5.92 Å². The third kappa shape index (κ3) is 3.89. The molecule has 0 aromatic heterocycles. The second kappa shape index (κ2) is 8.40. The van der Waals surface area contributed by atoms with E-state index in [0.717, 1.165) is 38.6 Å². The van der Waals surface area contributed by atoms with Crippen LogP contribution in [-0.2, 0) is 4.74 Å². The van der Waals surface area contributed by atoms with Crippen LogP contribution in [0.5, 0.6) is 0 Å². The molecule has 5 heteroatoms. The number of aliphatic imine (C=N–C) groups is 1. The predicted octanol–water partition coefficient (Wildman–Crippen LogP) is 2.51. The minimum absolute atomic E-state index is 0.206. The summed E-state index contributed by atoms with van der Waals surface area (Å²) in [6.45, 7) is 6.57. The van der Waals surface area contributed by atoms with Crippen molar-refractivity contribution in [3.8, 4) is 0 Å². The minimum Gasteiger partial charge on any atom is -0.373 e. The van der Waals surface area contributed by atoms with Crippen molar-refractivity contribution in [2.75, 3.05) is 46.4 Å². The van der Waals surface area contributed by atoms with E-state index in [-0.39, 0.29) is 6.10 Å². The maximum atomic E-state index is 6.03. The number of likely N-dealkylation sites (tertiary alicyclic amines) is 2. The lowest BCUT2D eigenvalue weighted by atomic mass is 9.95. The molecule has 0 spiro atoms. The molecule has 3 fully saturated rings. The molecule has 3 saturated heterocycles. The number of nitrogens with one attached hydrogen (secondary N) is 1. The number of hydrogen-bond donors (Lipinski definition) is 1. The van der Waals surface area contributed by atoms with Gasteiger partial charge in [-0.1, -0.05) is 30.3 Å². The molecule has 1 N–H and O–H groups in total. The van der Waals surface area contributed by atoms with Gasteiger partial charge in [0.2, 0.25) is 0 Å². The Morgan fingerprint density at radius 2 is 1.96 bits per heavy atom. The van der Waals surface area contributed by atoms with Crippen LogP contribution in [0.4, 0.5) is 0 Å². The molecule has 0 radical (unpaired) electrons. The standard InChI is InChI=1S/C21H32N4O/c1-22-21(25-13-9-19(16-25)24-11-5-6-12-24)23-15-18-10-14-26-20(18)17-7-3-2-4-8-17/h2-4,7-8,18-20H,5-6,9-16H2,1H3,(H,22,23). The molecule has 3 unspecified atom stereocenters. The highest BCUT2D eigenvalue weighted by Gasteiger charge is 2.32. The average molecular weight is 357 g/mol. The molecular formula is C21H32N4O. The lowest BCUT2D eigenvalue weighted by molar-refractivity contribution is 0.0914. The summed E-state index contributed by atoms with van der Waals surface area (Å²) >= 11 is 0. The number of guanidine groups is 1. The SMILES string of the molecule is CN=C(NCC1CCOC1c1ccccc1)N1CCC(N2CCCC2)C1. The van der Waals surface area contributed by atoms with Gasteiger partial charge >= 0.3 is 0 Å². The number of rotatable bonds is 4. The molecule has 0 bridgehead atoms. The first-order valence-corrected chi connectivity index (χ1v) is 10.2. The van der Waals surface area contributed by atoms with Crippen molar-refractivity contribution in [3.05, 3.63) is 35.9 Å². The molecule has 26 heavy (non-hydrogen) atoms. The predicted molar refractivity (Wildman–Crippen MR) is 105 cm³/mol.